The van der Waals surface area contributed by atoms with Crippen molar-refractivity contribution in [2.24, 2.45) is 5.84 Å². The van der Waals surface area contributed by atoms with Crippen molar-refractivity contribution in [1.29, 1.82) is 0 Å². The van der Waals surface area contributed by atoms with Gasteiger partial charge in [0.05, 0.1) is 12.3 Å². The Hall–Kier alpha value is -0.800. The first-order valence-electron chi connectivity index (χ1n) is 7.88. The summed E-state index contributed by atoms with van der Waals surface area (Å²) in [7, 11) is 0. The molecule has 0 bridgehead atoms. The fourth-order valence-electron chi connectivity index (χ4n) is 2.46. The maximum absolute atomic E-state index is 5.56. The van der Waals surface area contributed by atoms with Gasteiger partial charge in [0.2, 0.25) is 0 Å². The van der Waals surface area contributed by atoms with Crippen molar-refractivity contribution in [2.45, 2.75) is 77.2 Å². The zero-order valence-corrected chi connectivity index (χ0v) is 12.4. The highest BCUT2D eigenvalue weighted by molar-refractivity contribution is 5.03. The summed E-state index contributed by atoms with van der Waals surface area (Å²) in [6, 6.07) is 4.06. The largest absolute Gasteiger partial charge is 0.468 e. The van der Waals surface area contributed by atoms with Crippen LogP contribution in [-0.2, 0) is 0 Å². The minimum absolute atomic E-state index is 0.166. The average molecular weight is 266 g/mol. The van der Waals surface area contributed by atoms with Gasteiger partial charge in [-0.1, -0.05) is 64.7 Å². The molecule has 1 heterocycles. The van der Waals surface area contributed by atoms with E-state index >= 15 is 0 Å². The molecule has 3 N–H and O–H groups in total. The fourth-order valence-corrected chi connectivity index (χ4v) is 2.46. The van der Waals surface area contributed by atoms with E-state index in [0.717, 1.165) is 12.2 Å². The molecule has 1 aromatic heterocycles. The van der Waals surface area contributed by atoms with Crippen LogP contribution >= 0.6 is 0 Å². The van der Waals surface area contributed by atoms with Gasteiger partial charge in [0, 0.05) is 0 Å². The van der Waals surface area contributed by atoms with Crippen LogP contribution in [-0.4, -0.2) is 0 Å². The second-order valence-electron chi connectivity index (χ2n) is 5.35. The lowest BCUT2D eigenvalue weighted by Gasteiger charge is -2.12. The van der Waals surface area contributed by atoms with Gasteiger partial charge in [-0.15, -0.1) is 0 Å². The Balaban J connectivity index is 1.95. The van der Waals surface area contributed by atoms with Gasteiger partial charge >= 0.3 is 0 Å². The lowest BCUT2D eigenvalue weighted by atomic mass is 10.0. The van der Waals surface area contributed by atoms with E-state index in [1.165, 1.54) is 57.8 Å². The summed E-state index contributed by atoms with van der Waals surface area (Å²) in [5.41, 5.74) is 2.84. The molecule has 3 nitrogen and oxygen atoms in total. The average Bonchev–Trinajstić information content (AvgIpc) is 2.95. The number of furan rings is 1. The molecule has 0 saturated heterocycles. The van der Waals surface area contributed by atoms with E-state index in [9.17, 15) is 0 Å². The van der Waals surface area contributed by atoms with Crippen LogP contribution in [0.1, 0.15) is 82.9 Å². The van der Waals surface area contributed by atoms with E-state index in [1.54, 1.807) is 6.26 Å². The predicted molar refractivity (Wildman–Crippen MR) is 80.6 cm³/mol. The Kier molecular flexibility index (Phi) is 9.46. The molecule has 1 unspecified atom stereocenters. The van der Waals surface area contributed by atoms with Gasteiger partial charge < -0.3 is 4.42 Å². The highest BCUT2D eigenvalue weighted by Crippen LogP contribution is 2.20. The number of hydrogen-bond donors (Lipinski definition) is 2. The van der Waals surface area contributed by atoms with E-state index in [0.29, 0.717) is 0 Å². The van der Waals surface area contributed by atoms with Crippen LogP contribution in [0.4, 0.5) is 0 Å². The molecule has 1 rings (SSSR count). The Labute approximate surface area is 117 Å². The first-order chi connectivity index (χ1) is 9.38. The normalized spacial score (nSPS) is 12.7. The number of rotatable bonds is 12. The van der Waals surface area contributed by atoms with Crippen molar-refractivity contribution in [2.75, 3.05) is 0 Å². The van der Waals surface area contributed by atoms with Crippen LogP contribution < -0.4 is 11.3 Å². The van der Waals surface area contributed by atoms with Crippen molar-refractivity contribution in [3.8, 4) is 0 Å². The molecule has 0 spiro atoms. The van der Waals surface area contributed by atoms with Crippen molar-refractivity contribution in [3.63, 3.8) is 0 Å². The van der Waals surface area contributed by atoms with E-state index < -0.39 is 0 Å². The highest BCUT2D eigenvalue weighted by atomic mass is 16.3. The first-order valence-corrected chi connectivity index (χ1v) is 7.88. The summed E-state index contributed by atoms with van der Waals surface area (Å²) in [6.45, 7) is 2.26. The number of unbranched alkanes of at least 4 members (excludes halogenated alkanes) is 8. The quantitative estimate of drug-likeness (QED) is 0.327. The summed E-state index contributed by atoms with van der Waals surface area (Å²) >= 11 is 0. The fraction of sp³-hybridized carbons (Fsp3) is 0.750. The van der Waals surface area contributed by atoms with Gasteiger partial charge in [0.15, 0.2) is 0 Å². The summed E-state index contributed by atoms with van der Waals surface area (Å²) < 4.78 is 5.38. The number of hydrogen-bond acceptors (Lipinski definition) is 3. The highest BCUT2D eigenvalue weighted by Gasteiger charge is 2.11. The Bertz CT molecular complexity index is 285. The number of hydrazine groups is 1. The third-order valence-electron chi connectivity index (χ3n) is 3.68. The molecule has 0 aliphatic rings. The van der Waals surface area contributed by atoms with Gasteiger partial charge in [0.25, 0.3) is 0 Å². The van der Waals surface area contributed by atoms with Gasteiger partial charge in [-0.2, -0.15) is 0 Å². The van der Waals surface area contributed by atoms with Crippen molar-refractivity contribution in [1.82, 2.24) is 5.43 Å². The van der Waals surface area contributed by atoms with Crippen LogP contribution in [0.25, 0.3) is 0 Å². The maximum Gasteiger partial charge on any atom is 0.122 e. The molecule has 0 aliphatic heterocycles. The minimum Gasteiger partial charge on any atom is -0.468 e. The molecule has 0 amide bonds. The summed E-state index contributed by atoms with van der Waals surface area (Å²) in [5, 5.41) is 0. The summed E-state index contributed by atoms with van der Waals surface area (Å²) in [5.74, 6) is 6.51. The number of nitrogens with two attached hydrogens (primary N) is 1. The topological polar surface area (TPSA) is 51.2 Å². The summed E-state index contributed by atoms with van der Waals surface area (Å²) in [4.78, 5) is 0. The third kappa shape index (κ3) is 7.38. The van der Waals surface area contributed by atoms with Crippen LogP contribution in [0.15, 0.2) is 22.8 Å². The second kappa shape index (κ2) is 11.1. The first kappa shape index (κ1) is 16.3. The minimum atomic E-state index is 0.166. The van der Waals surface area contributed by atoms with Crippen molar-refractivity contribution >= 4 is 0 Å². The van der Waals surface area contributed by atoms with Crippen LogP contribution in [0.3, 0.4) is 0 Å². The molecular weight excluding hydrogens is 236 g/mol. The molecular formula is C16H30N2O. The second-order valence-corrected chi connectivity index (χ2v) is 5.35. The van der Waals surface area contributed by atoms with E-state index in [-0.39, 0.29) is 6.04 Å². The Morgan fingerprint density at radius 1 is 1.05 bits per heavy atom. The maximum atomic E-state index is 5.56. The number of nitrogens with one attached hydrogen (secondary N) is 1. The molecule has 110 valence electrons. The standard InChI is InChI=1S/C16H30N2O/c1-2-3-4-5-6-7-8-9-10-12-15(18-17)16-13-11-14-19-16/h11,13-15,18H,2-10,12,17H2,1H3. The van der Waals surface area contributed by atoms with Gasteiger partial charge in [0.1, 0.15) is 5.76 Å². The summed E-state index contributed by atoms with van der Waals surface area (Å²) in [6.07, 6.45) is 14.9. The monoisotopic (exact) mass is 266 g/mol. The lowest BCUT2D eigenvalue weighted by Crippen LogP contribution is -2.27. The molecule has 0 aliphatic carbocycles. The Morgan fingerprint density at radius 3 is 2.21 bits per heavy atom. The molecule has 19 heavy (non-hydrogen) atoms. The van der Waals surface area contributed by atoms with E-state index in [4.69, 9.17) is 10.3 Å². The van der Waals surface area contributed by atoms with Gasteiger partial charge in [-0.3, -0.25) is 5.84 Å². The molecule has 0 radical (unpaired) electrons. The van der Waals surface area contributed by atoms with E-state index in [1.807, 2.05) is 12.1 Å². The smallest absolute Gasteiger partial charge is 0.122 e. The SMILES string of the molecule is CCCCCCCCCCCC(NN)c1ccco1. The molecule has 0 saturated carbocycles. The van der Waals surface area contributed by atoms with Crippen LogP contribution in [0, 0.1) is 0 Å². The Morgan fingerprint density at radius 2 is 1.68 bits per heavy atom. The third-order valence-corrected chi connectivity index (χ3v) is 3.68. The predicted octanol–water partition coefficient (Wildman–Crippen LogP) is 4.70. The zero-order valence-electron chi connectivity index (χ0n) is 12.4. The van der Waals surface area contributed by atoms with Gasteiger partial charge in [-0.25, -0.2) is 5.43 Å². The molecule has 3 heteroatoms. The lowest BCUT2D eigenvalue weighted by molar-refractivity contribution is 0.388. The van der Waals surface area contributed by atoms with Crippen LogP contribution in [0.5, 0.6) is 0 Å². The van der Waals surface area contributed by atoms with Gasteiger partial charge in [-0.05, 0) is 18.6 Å². The zero-order chi connectivity index (χ0) is 13.8. The molecule has 0 fully saturated rings. The molecule has 0 aromatic carbocycles. The van der Waals surface area contributed by atoms with Crippen LogP contribution in [0.2, 0.25) is 0 Å². The van der Waals surface area contributed by atoms with E-state index in [2.05, 4.69) is 12.3 Å². The van der Waals surface area contributed by atoms with Crippen molar-refractivity contribution in [3.05, 3.63) is 24.2 Å². The van der Waals surface area contributed by atoms with Crippen molar-refractivity contribution < 1.29 is 4.42 Å². The molecule has 1 aromatic rings. The molecule has 1 atom stereocenters.